The van der Waals surface area contributed by atoms with Crippen molar-refractivity contribution in [2.24, 2.45) is 0 Å². The number of hydrogen-bond acceptors (Lipinski definition) is 2. The van der Waals surface area contributed by atoms with Gasteiger partial charge < -0.3 is 10.1 Å². The van der Waals surface area contributed by atoms with Gasteiger partial charge in [0.1, 0.15) is 11.6 Å². The predicted molar refractivity (Wildman–Crippen MR) is 84.1 cm³/mol. The largest absolute Gasteiger partial charge is 0.494 e. The number of ether oxygens (including phenoxy) is 1. The Morgan fingerprint density at radius 3 is 2.05 bits per heavy atom. The molecular formula is C18H22FNO. The lowest BCUT2D eigenvalue weighted by atomic mass is 9.98. The van der Waals surface area contributed by atoms with Gasteiger partial charge in [-0.3, -0.25) is 0 Å². The van der Waals surface area contributed by atoms with Gasteiger partial charge in [0, 0.05) is 0 Å². The maximum absolute atomic E-state index is 13.1. The lowest BCUT2D eigenvalue weighted by Crippen LogP contribution is -2.23. The van der Waals surface area contributed by atoms with Crippen LogP contribution in [0.2, 0.25) is 0 Å². The van der Waals surface area contributed by atoms with E-state index in [1.54, 1.807) is 0 Å². The molecule has 0 saturated heterocycles. The first kappa shape index (κ1) is 15.5. The lowest BCUT2D eigenvalue weighted by Gasteiger charge is -2.20. The molecule has 0 radical (unpaired) electrons. The zero-order valence-electron chi connectivity index (χ0n) is 12.6. The molecule has 0 spiro atoms. The Bertz CT molecular complexity index is 536. The van der Waals surface area contributed by atoms with Crippen LogP contribution in [0.3, 0.4) is 0 Å². The monoisotopic (exact) mass is 287 g/mol. The Kier molecular flexibility index (Phi) is 5.76. The van der Waals surface area contributed by atoms with Crippen LogP contribution >= 0.6 is 0 Å². The van der Waals surface area contributed by atoms with Crippen LogP contribution in [0, 0.1) is 5.82 Å². The molecule has 1 N–H and O–H groups in total. The van der Waals surface area contributed by atoms with Crippen LogP contribution in [0.5, 0.6) is 5.75 Å². The van der Waals surface area contributed by atoms with Crippen LogP contribution in [0.25, 0.3) is 0 Å². The Hall–Kier alpha value is -1.87. The van der Waals surface area contributed by atoms with Gasteiger partial charge in [0.15, 0.2) is 0 Å². The summed E-state index contributed by atoms with van der Waals surface area (Å²) in [4.78, 5) is 0. The molecule has 2 aromatic rings. The van der Waals surface area contributed by atoms with Gasteiger partial charge in [-0.05, 0) is 55.3 Å². The molecule has 2 aromatic carbocycles. The Morgan fingerprint density at radius 1 is 0.952 bits per heavy atom. The predicted octanol–water partition coefficient (Wildman–Crippen LogP) is 4.31. The maximum Gasteiger partial charge on any atom is 0.123 e. The third-order valence-electron chi connectivity index (χ3n) is 3.33. The van der Waals surface area contributed by atoms with Crippen LogP contribution in [0.4, 0.5) is 4.39 Å². The van der Waals surface area contributed by atoms with E-state index >= 15 is 0 Å². The smallest absolute Gasteiger partial charge is 0.123 e. The van der Waals surface area contributed by atoms with Crippen molar-refractivity contribution in [1.29, 1.82) is 0 Å². The van der Waals surface area contributed by atoms with Crippen LogP contribution < -0.4 is 10.1 Å². The second kappa shape index (κ2) is 7.79. The number of rotatable bonds is 7. The number of benzene rings is 2. The molecule has 0 amide bonds. The molecule has 2 nitrogen and oxygen atoms in total. The van der Waals surface area contributed by atoms with Crippen LogP contribution in [0.15, 0.2) is 48.5 Å². The van der Waals surface area contributed by atoms with E-state index in [1.165, 1.54) is 12.1 Å². The highest BCUT2D eigenvalue weighted by molar-refractivity contribution is 5.35. The van der Waals surface area contributed by atoms with Gasteiger partial charge in [-0.15, -0.1) is 0 Å². The van der Waals surface area contributed by atoms with Gasteiger partial charge in [-0.1, -0.05) is 31.2 Å². The fourth-order valence-electron chi connectivity index (χ4n) is 2.30. The molecule has 0 saturated carbocycles. The van der Waals surface area contributed by atoms with Gasteiger partial charge in [0.25, 0.3) is 0 Å². The molecule has 0 aliphatic rings. The topological polar surface area (TPSA) is 21.3 Å². The van der Waals surface area contributed by atoms with Crippen molar-refractivity contribution in [3.8, 4) is 5.75 Å². The van der Waals surface area contributed by atoms with Crippen molar-refractivity contribution >= 4 is 0 Å². The zero-order chi connectivity index (χ0) is 15.1. The van der Waals surface area contributed by atoms with E-state index in [0.29, 0.717) is 6.61 Å². The van der Waals surface area contributed by atoms with Gasteiger partial charge in [0.05, 0.1) is 12.6 Å². The Labute approximate surface area is 126 Å². The average molecular weight is 287 g/mol. The molecule has 0 aliphatic carbocycles. The molecule has 112 valence electrons. The van der Waals surface area contributed by atoms with Crippen molar-refractivity contribution in [2.45, 2.75) is 26.3 Å². The normalized spacial score (nSPS) is 12.1. The molecule has 0 heterocycles. The minimum Gasteiger partial charge on any atom is -0.494 e. The molecule has 3 heteroatoms. The summed E-state index contributed by atoms with van der Waals surface area (Å²) in [5, 5.41) is 3.51. The Balaban J connectivity index is 2.24. The average Bonchev–Trinajstić information content (AvgIpc) is 2.51. The van der Waals surface area contributed by atoms with E-state index in [0.717, 1.165) is 29.8 Å². The molecule has 0 aromatic heterocycles. The first-order chi connectivity index (χ1) is 10.2. The fraction of sp³-hybridized carbons (Fsp3) is 0.333. The van der Waals surface area contributed by atoms with E-state index < -0.39 is 0 Å². The summed E-state index contributed by atoms with van der Waals surface area (Å²) < 4.78 is 18.6. The summed E-state index contributed by atoms with van der Waals surface area (Å²) in [5.74, 6) is 0.661. The number of halogens is 1. The highest BCUT2D eigenvalue weighted by Crippen LogP contribution is 2.24. The van der Waals surface area contributed by atoms with E-state index in [-0.39, 0.29) is 11.9 Å². The van der Waals surface area contributed by atoms with Crippen molar-refractivity contribution in [1.82, 2.24) is 5.32 Å². The molecule has 0 fully saturated rings. The highest BCUT2D eigenvalue weighted by atomic mass is 19.1. The molecule has 0 aliphatic heterocycles. The molecule has 1 unspecified atom stereocenters. The third kappa shape index (κ3) is 4.30. The minimum atomic E-state index is -0.209. The molecule has 0 bridgehead atoms. The van der Waals surface area contributed by atoms with Gasteiger partial charge in [0.2, 0.25) is 0 Å². The number of nitrogens with one attached hydrogen (secondary N) is 1. The lowest BCUT2D eigenvalue weighted by molar-refractivity contribution is 0.340. The summed E-state index contributed by atoms with van der Waals surface area (Å²) in [6.07, 6.45) is 1.05. The van der Waals surface area contributed by atoms with Gasteiger partial charge in [-0.2, -0.15) is 0 Å². The van der Waals surface area contributed by atoms with Crippen LogP contribution in [0.1, 0.15) is 37.4 Å². The van der Waals surface area contributed by atoms with Crippen molar-refractivity contribution in [3.05, 3.63) is 65.5 Å². The minimum absolute atomic E-state index is 0.0706. The first-order valence-electron chi connectivity index (χ1n) is 7.46. The molecular weight excluding hydrogens is 265 g/mol. The van der Waals surface area contributed by atoms with Gasteiger partial charge >= 0.3 is 0 Å². The fourth-order valence-corrected chi connectivity index (χ4v) is 2.30. The zero-order valence-corrected chi connectivity index (χ0v) is 12.6. The van der Waals surface area contributed by atoms with E-state index in [2.05, 4.69) is 24.4 Å². The van der Waals surface area contributed by atoms with Crippen molar-refractivity contribution in [2.75, 3.05) is 13.2 Å². The van der Waals surface area contributed by atoms with Crippen LogP contribution in [-0.2, 0) is 0 Å². The van der Waals surface area contributed by atoms with E-state index in [9.17, 15) is 4.39 Å². The van der Waals surface area contributed by atoms with Crippen molar-refractivity contribution < 1.29 is 9.13 Å². The summed E-state index contributed by atoms with van der Waals surface area (Å²) in [7, 11) is 0. The second-order valence-corrected chi connectivity index (χ2v) is 4.94. The summed E-state index contributed by atoms with van der Waals surface area (Å²) >= 11 is 0. The third-order valence-corrected chi connectivity index (χ3v) is 3.33. The molecule has 21 heavy (non-hydrogen) atoms. The summed E-state index contributed by atoms with van der Waals surface area (Å²) in [6.45, 7) is 5.68. The maximum atomic E-state index is 13.1. The molecule has 2 rings (SSSR count). The summed E-state index contributed by atoms with van der Waals surface area (Å²) in [5.41, 5.74) is 2.22. The van der Waals surface area contributed by atoms with Gasteiger partial charge in [-0.25, -0.2) is 4.39 Å². The molecule has 1 atom stereocenters. The standard InChI is InChI=1S/C18H22FNO/c1-3-13-20-18(14-5-9-16(19)10-6-14)15-7-11-17(12-8-15)21-4-2/h5-12,18,20H,3-4,13H2,1-2H3. The quantitative estimate of drug-likeness (QED) is 0.819. The van der Waals surface area contributed by atoms with Crippen LogP contribution in [-0.4, -0.2) is 13.2 Å². The number of hydrogen-bond donors (Lipinski definition) is 1. The second-order valence-electron chi connectivity index (χ2n) is 4.94. The van der Waals surface area contributed by atoms with E-state index in [4.69, 9.17) is 4.74 Å². The first-order valence-corrected chi connectivity index (χ1v) is 7.46. The SMILES string of the molecule is CCCNC(c1ccc(F)cc1)c1ccc(OCC)cc1. The highest BCUT2D eigenvalue weighted by Gasteiger charge is 2.13. The van der Waals surface area contributed by atoms with Crippen molar-refractivity contribution in [3.63, 3.8) is 0 Å². The van der Waals surface area contributed by atoms with E-state index in [1.807, 2.05) is 31.2 Å². The summed E-state index contributed by atoms with van der Waals surface area (Å²) in [6, 6.07) is 14.8. The Morgan fingerprint density at radius 2 is 1.52 bits per heavy atom.